The Morgan fingerprint density at radius 1 is 1.00 bits per heavy atom. The van der Waals surface area contributed by atoms with Crippen LogP contribution in [0.4, 0.5) is 20.7 Å². The van der Waals surface area contributed by atoms with Crippen molar-refractivity contribution in [2.24, 2.45) is 0 Å². The number of hydrogen-bond acceptors (Lipinski definition) is 8. The van der Waals surface area contributed by atoms with Gasteiger partial charge in [0, 0.05) is 24.4 Å². The molecular weight excluding hydrogens is 372 g/mol. The van der Waals surface area contributed by atoms with Crippen LogP contribution in [0.1, 0.15) is 25.7 Å². The van der Waals surface area contributed by atoms with E-state index in [1.807, 2.05) is 30.3 Å². The van der Waals surface area contributed by atoms with Crippen LogP contribution in [0.5, 0.6) is 0 Å². The Morgan fingerprint density at radius 2 is 1.74 bits per heavy atom. The molecule has 0 aliphatic heterocycles. The van der Waals surface area contributed by atoms with Crippen LogP contribution < -0.4 is 11.1 Å². The number of nitrogens with two attached hydrogens (primary N) is 1. The van der Waals surface area contributed by atoms with E-state index < -0.39 is 5.92 Å². The van der Waals surface area contributed by atoms with Gasteiger partial charge in [0.05, 0.1) is 0 Å². The average molecular weight is 389 g/mol. The number of halogens is 2. The normalized spacial score (nSPS) is 17.0. The zero-order chi connectivity index (χ0) is 18.9. The molecule has 1 aromatic carbocycles. The van der Waals surface area contributed by atoms with E-state index in [4.69, 9.17) is 5.73 Å². The van der Waals surface area contributed by atoms with Crippen LogP contribution in [0, 0.1) is 0 Å². The highest BCUT2D eigenvalue weighted by Gasteiger charge is 2.35. The number of nitrogens with zero attached hydrogens (tertiary/aromatic N) is 5. The first kappa shape index (κ1) is 17.7. The third-order valence-corrected chi connectivity index (χ3v) is 5.06. The second-order valence-corrected chi connectivity index (χ2v) is 7.16. The molecule has 1 fully saturated rings. The van der Waals surface area contributed by atoms with Crippen LogP contribution in [-0.4, -0.2) is 36.3 Å². The van der Waals surface area contributed by atoms with Crippen molar-refractivity contribution in [2.45, 2.75) is 37.6 Å². The molecule has 1 saturated carbocycles. The number of nitrogens with one attached hydrogen (secondary N) is 1. The lowest BCUT2D eigenvalue weighted by Gasteiger charge is -2.28. The molecule has 0 amide bonds. The highest BCUT2D eigenvalue weighted by Crippen LogP contribution is 2.34. The second kappa shape index (κ2) is 7.10. The zero-order valence-electron chi connectivity index (χ0n) is 14.3. The van der Waals surface area contributed by atoms with E-state index in [0.717, 1.165) is 17.1 Å². The summed E-state index contributed by atoms with van der Waals surface area (Å²) in [6, 6.07) is 9.45. The molecule has 10 heteroatoms. The first-order chi connectivity index (χ1) is 13.0. The first-order valence-corrected chi connectivity index (χ1v) is 9.31. The van der Waals surface area contributed by atoms with E-state index in [9.17, 15) is 8.78 Å². The van der Waals surface area contributed by atoms with Gasteiger partial charge in [-0.1, -0.05) is 30.3 Å². The van der Waals surface area contributed by atoms with Gasteiger partial charge < -0.3 is 11.1 Å². The van der Waals surface area contributed by atoms with Gasteiger partial charge in [-0.2, -0.15) is 19.3 Å². The molecule has 27 heavy (non-hydrogen) atoms. The topological polar surface area (TPSA) is 102 Å². The maximum absolute atomic E-state index is 13.3. The fourth-order valence-corrected chi connectivity index (χ4v) is 3.56. The van der Waals surface area contributed by atoms with E-state index >= 15 is 0 Å². The number of benzene rings is 1. The highest BCUT2D eigenvalue weighted by molar-refractivity contribution is 7.09. The van der Waals surface area contributed by atoms with E-state index in [1.165, 1.54) is 0 Å². The van der Waals surface area contributed by atoms with E-state index in [2.05, 4.69) is 29.6 Å². The Morgan fingerprint density at radius 3 is 2.48 bits per heavy atom. The molecule has 3 aromatic rings. The van der Waals surface area contributed by atoms with E-state index in [0.29, 0.717) is 29.5 Å². The SMILES string of the molecule is Nc1nc(NC2CCC(F)(F)CC2)nc(-c2nc(-c3ccccc3)ns2)n1. The summed E-state index contributed by atoms with van der Waals surface area (Å²) in [7, 11) is 0. The average Bonchev–Trinajstić information content (AvgIpc) is 3.14. The third-order valence-electron chi connectivity index (χ3n) is 4.35. The molecule has 2 aromatic heterocycles. The van der Waals surface area contributed by atoms with E-state index in [1.54, 1.807) is 0 Å². The number of rotatable bonds is 4. The lowest BCUT2D eigenvalue weighted by molar-refractivity contribution is -0.0361. The van der Waals surface area contributed by atoms with Gasteiger partial charge in [0.15, 0.2) is 16.7 Å². The summed E-state index contributed by atoms with van der Waals surface area (Å²) in [5, 5.41) is 3.60. The summed E-state index contributed by atoms with van der Waals surface area (Å²) in [6.07, 6.45) is 0.416. The van der Waals surface area contributed by atoms with Crippen LogP contribution in [0.15, 0.2) is 30.3 Å². The molecule has 3 N–H and O–H groups in total. The van der Waals surface area contributed by atoms with Crippen molar-refractivity contribution >= 4 is 23.4 Å². The highest BCUT2D eigenvalue weighted by atomic mass is 32.1. The minimum absolute atomic E-state index is 0.0418. The quantitative estimate of drug-likeness (QED) is 0.702. The lowest BCUT2D eigenvalue weighted by atomic mass is 9.92. The van der Waals surface area contributed by atoms with Crippen molar-refractivity contribution in [3.63, 3.8) is 0 Å². The Balaban J connectivity index is 1.54. The maximum atomic E-state index is 13.3. The Kier molecular flexibility index (Phi) is 4.65. The monoisotopic (exact) mass is 389 g/mol. The maximum Gasteiger partial charge on any atom is 0.248 e. The van der Waals surface area contributed by atoms with Gasteiger partial charge in [0.2, 0.25) is 17.8 Å². The molecule has 0 spiro atoms. The lowest BCUT2D eigenvalue weighted by Crippen LogP contribution is -2.32. The molecule has 1 aliphatic rings. The minimum Gasteiger partial charge on any atom is -0.368 e. The summed E-state index contributed by atoms with van der Waals surface area (Å²) in [6.45, 7) is 0. The van der Waals surface area contributed by atoms with Crippen molar-refractivity contribution in [2.75, 3.05) is 11.1 Å². The van der Waals surface area contributed by atoms with Crippen molar-refractivity contribution < 1.29 is 8.78 Å². The van der Waals surface area contributed by atoms with Crippen molar-refractivity contribution in [1.29, 1.82) is 0 Å². The number of hydrogen-bond donors (Lipinski definition) is 2. The van der Waals surface area contributed by atoms with Crippen molar-refractivity contribution in [3.8, 4) is 22.2 Å². The smallest absolute Gasteiger partial charge is 0.248 e. The van der Waals surface area contributed by atoms with Crippen LogP contribution in [0.3, 0.4) is 0 Å². The number of anilines is 2. The Labute approximate surface area is 158 Å². The molecule has 0 saturated heterocycles. The summed E-state index contributed by atoms with van der Waals surface area (Å²) < 4.78 is 31.0. The molecular formula is C17H17F2N7S. The van der Waals surface area contributed by atoms with Crippen LogP contribution in [-0.2, 0) is 0 Å². The predicted octanol–water partition coefficient (Wildman–Crippen LogP) is 3.63. The van der Waals surface area contributed by atoms with Gasteiger partial charge in [-0.15, -0.1) is 0 Å². The second-order valence-electron chi connectivity index (χ2n) is 6.40. The minimum atomic E-state index is -2.58. The van der Waals surface area contributed by atoms with Crippen LogP contribution in [0.25, 0.3) is 22.2 Å². The summed E-state index contributed by atoms with van der Waals surface area (Å²) in [5.74, 6) is -1.38. The fraction of sp³-hybridized carbons (Fsp3) is 0.353. The van der Waals surface area contributed by atoms with Gasteiger partial charge in [-0.25, -0.2) is 13.8 Å². The predicted molar refractivity (Wildman–Crippen MR) is 99.4 cm³/mol. The van der Waals surface area contributed by atoms with Crippen LogP contribution >= 0.6 is 11.5 Å². The molecule has 140 valence electrons. The molecule has 7 nitrogen and oxygen atoms in total. The molecule has 0 unspecified atom stereocenters. The van der Waals surface area contributed by atoms with Crippen LogP contribution in [0.2, 0.25) is 0 Å². The molecule has 0 atom stereocenters. The summed E-state index contributed by atoms with van der Waals surface area (Å²) >= 11 is 1.16. The fourth-order valence-electron chi connectivity index (χ4n) is 2.94. The van der Waals surface area contributed by atoms with Crippen molar-refractivity contribution in [1.82, 2.24) is 24.3 Å². The van der Waals surface area contributed by atoms with Gasteiger partial charge in [0.25, 0.3) is 0 Å². The van der Waals surface area contributed by atoms with Gasteiger partial charge in [0.1, 0.15) is 0 Å². The Hall–Kier alpha value is -2.75. The Bertz CT molecular complexity index is 922. The number of nitrogen functional groups attached to an aromatic ring is 1. The summed E-state index contributed by atoms with van der Waals surface area (Å²) in [4.78, 5) is 17.0. The van der Waals surface area contributed by atoms with Gasteiger partial charge in [-0.3, -0.25) is 0 Å². The third kappa shape index (κ3) is 4.16. The molecule has 0 radical (unpaired) electrons. The first-order valence-electron chi connectivity index (χ1n) is 8.54. The van der Waals surface area contributed by atoms with Crippen molar-refractivity contribution in [3.05, 3.63) is 30.3 Å². The number of aromatic nitrogens is 5. The standard InChI is InChI=1S/C17H17F2N7S/c18-17(19)8-6-11(7-9-17)21-16-24-13(23-15(20)25-16)14-22-12(26-27-14)10-4-2-1-3-5-10/h1-5,11H,6-9H2,(H3,20,21,23,24,25). The number of alkyl halides is 2. The largest absolute Gasteiger partial charge is 0.368 e. The van der Waals surface area contributed by atoms with E-state index in [-0.39, 0.29) is 30.8 Å². The molecule has 4 rings (SSSR count). The molecule has 2 heterocycles. The molecule has 1 aliphatic carbocycles. The molecule has 0 bridgehead atoms. The zero-order valence-corrected chi connectivity index (χ0v) is 15.1. The van der Waals surface area contributed by atoms with Gasteiger partial charge in [-0.05, 0) is 24.4 Å². The summed E-state index contributed by atoms with van der Waals surface area (Å²) in [5.41, 5.74) is 6.69. The van der Waals surface area contributed by atoms with Gasteiger partial charge >= 0.3 is 0 Å².